The highest BCUT2D eigenvalue weighted by Crippen LogP contribution is 2.31. The zero-order valence-electron chi connectivity index (χ0n) is 11.3. The highest BCUT2D eigenvalue weighted by Gasteiger charge is 2.16. The van der Waals surface area contributed by atoms with Crippen LogP contribution < -0.4 is 9.47 Å². The van der Waals surface area contributed by atoms with E-state index in [4.69, 9.17) is 14.7 Å². The molecule has 2 aromatic carbocycles. The first kappa shape index (κ1) is 14.3. The van der Waals surface area contributed by atoms with E-state index in [1.807, 2.05) is 6.07 Å². The number of rotatable bonds is 5. The molecule has 21 heavy (non-hydrogen) atoms. The maximum Gasteiger partial charge on any atom is 0.314 e. The molecular weight excluding hydrogens is 272 g/mol. The van der Waals surface area contributed by atoms with Crippen LogP contribution in [0, 0.1) is 21.4 Å². The van der Waals surface area contributed by atoms with E-state index in [-0.39, 0.29) is 18.0 Å². The molecule has 0 saturated carbocycles. The normalized spacial score (nSPS) is 9.71. The lowest BCUT2D eigenvalue weighted by molar-refractivity contribution is -0.386. The molecule has 6 nitrogen and oxygen atoms in total. The molecule has 0 spiro atoms. The van der Waals surface area contributed by atoms with E-state index in [0.717, 1.165) is 5.56 Å². The summed E-state index contributed by atoms with van der Waals surface area (Å²) in [6, 6.07) is 13.3. The lowest BCUT2D eigenvalue weighted by Gasteiger charge is -2.08. The van der Waals surface area contributed by atoms with Crippen LogP contribution in [0.25, 0.3) is 0 Å². The topological polar surface area (TPSA) is 85.4 Å². The van der Waals surface area contributed by atoms with E-state index >= 15 is 0 Å². The van der Waals surface area contributed by atoms with Gasteiger partial charge in [-0.3, -0.25) is 10.1 Å². The Balaban J connectivity index is 2.15. The fourth-order valence-electron chi connectivity index (χ4n) is 1.73. The quantitative estimate of drug-likeness (QED) is 0.622. The van der Waals surface area contributed by atoms with Crippen LogP contribution in [0.1, 0.15) is 11.1 Å². The average molecular weight is 284 g/mol. The van der Waals surface area contributed by atoms with Crippen molar-refractivity contribution < 1.29 is 14.4 Å². The van der Waals surface area contributed by atoms with Crippen LogP contribution in [-0.2, 0) is 6.61 Å². The number of ether oxygens (including phenoxy) is 2. The molecule has 0 fully saturated rings. The van der Waals surface area contributed by atoms with Crippen molar-refractivity contribution in [2.75, 3.05) is 7.11 Å². The number of hydrogen-bond acceptors (Lipinski definition) is 5. The summed E-state index contributed by atoms with van der Waals surface area (Å²) in [7, 11) is 1.44. The summed E-state index contributed by atoms with van der Waals surface area (Å²) in [5.41, 5.74) is 1.22. The highest BCUT2D eigenvalue weighted by atomic mass is 16.6. The minimum atomic E-state index is -0.517. The van der Waals surface area contributed by atoms with Gasteiger partial charge >= 0.3 is 5.69 Å². The number of nitrogens with zero attached hydrogens (tertiary/aromatic N) is 2. The summed E-state index contributed by atoms with van der Waals surface area (Å²) in [5.74, 6) is 0.567. The Kier molecular flexibility index (Phi) is 4.36. The molecule has 0 unspecified atom stereocenters. The second kappa shape index (κ2) is 6.39. The lowest BCUT2D eigenvalue weighted by atomic mass is 10.1. The molecular formula is C15H12N2O4. The number of methoxy groups -OCH3 is 1. The van der Waals surface area contributed by atoms with Gasteiger partial charge in [0.05, 0.1) is 29.7 Å². The van der Waals surface area contributed by atoms with Crippen molar-refractivity contribution in [3.63, 3.8) is 0 Å². The van der Waals surface area contributed by atoms with E-state index in [9.17, 15) is 10.1 Å². The lowest BCUT2D eigenvalue weighted by Crippen LogP contribution is -1.99. The van der Waals surface area contributed by atoms with Crippen molar-refractivity contribution in [2.24, 2.45) is 0 Å². The monoisotopic (exact) mass is 284 g/mol. The van der Waals surface area contributed by atoms with Gasteiger partial charge in [-0.05, 0) is 29.8 Å². The fourth-order valence-corrected chi connectivity index (χ4v) is 1.73. The smallest absolute Gasteiger partial charge is 0.314 e. The van der Waals surface area contributed by atoms with Crippen LogP contribution in [0.5, 0.6) is 11.5 Å². The van der Waals surface area contributed by atoms with Crippen LogP contribution in [0.15, 0.2) is 42.5 Å². The van der Waals surface area contributed by atoms with Crippen LogP contribution in [0.4, 0.5) is 5.69 Å². The summed E-state index contributed by atoms with van der Waals surface area (Å²) in [4.78, 5) is 10.5. The first-order chi connectivity index (χ1) is 10.1. The van der Waals surface area contributed by atoms with Gasteiger partial charge in [0, 0.05) is 0 Å². The van der Waals surface area contributed by atoms with E-state index in [2.05, 4.69) is 0 Å². The first-order valence-electron chi connectivity index (χ1n) is 6.08. The van der Waals surface area contributed by atoms with Gasteiger partial charge in [0.25, 0.3) is 0 Å². The fraction of sp³-hybridized carbons (Fsp3) is 0.133. The third kappa shape index (κ3) is 3.48. The SMILES string of the molecule is COc1ccc(OCc2ccc(C#N)cc2)c([N+](=O)[O-])c1. The number of nitro groups is 1. The molecule has 106 valence electrons. The Morgan fingerprint density at radius 1 is 1.24 bits per heavy atom. The number of nitriles is 1. The van der Waals surface area contributed by atoms with Crippen molar-refractivity contribution in [3.05, 3.63) is 63.7 Å². The van der Waals surface area contributed by atoms with E-state index in [1.165, 1.54) is 19.2 Å². The third-order valence-corrected chi connectivity index (χ3v) is 2.84. The van der Waals surface area contributed by atoms with Crippen LogP contribution in [0.2, 0.25) is 0 Å². The Morgan fingerprint density at radius 2 is 1.95 bits per heavy atom. The molecule has 0 aliphatic rings. The van der Waals surface area contributed by atoms with E-state index < -0.39 is 4.92 Å². The van der Waals surface area contributed by atoms with Gasteiger partial charge in [0.2, 0.25) is 0 Å². The zero-order valence-corrected chi connectivity index (χ0v) is 11.3. The number of benzene rings is 2. The second-order valence-electron chi connectivity index (χ2n) is 4.19. The molecule has 0 atom stereocenters. The molecule has 0 aromatic heterocycles. The Labute approximate surface area is 121 Å². The summed E-state index contributed by atoms with van der Waals surface area (Å²) >= 11 is 0. The number of hydrogen-bond donors (Lipinski definition) is 0. The predicted octanol–water partition coefficient (Wildman–Crippen LogP) is 3.05. The van der Waals surface area contributed by atoms with Crippen molar-refractivity contribution in [1.29, 1.82) is 5.26 Å². The molecule has 6 heteroatoms. The van der Waals surface area contributed by atoms with Crippen LogP contribution in [-0.4, -0.2) is 12.0 Å². The summed E-state index contributed by atoms with van der Waals surface area (Å²) < 4.78 is 10.4. The van der Waals surface area contributed by atoms with Gasteiger partial charge in [-0.15, -0.1) is 0 Å². The molecule has 0 saturated heterocycles. The van der Waals surface area contributed by atoms with Crippen molar-refractivity contribution in [2.45, 2.75) is 6.61 Å². The van der Waals surface area contributed by atoms with Gasteiger partial charge in [-0.1, -0.05) is 12.1 Å². The molecule has 2 aromatic rings. The maximum absolute atomic E-state index is 11.0. The van der Waals surface area contributed by atoms with Crippen molar-refractivity contribution in [3.8, 4) is 17.6 Å². The van der Waals surface area contributed by atoms with Crippen molar-refractivity contribution in [1.82, 2.24) is 0 Å². The standard InChI is InChI=1S/C15H12N2O4/c1-20-13-6-7-15(14(8-13)17(18)19)21-10-12-4-2-11(9-16)3-5-12/h2-8H,10H2,1H3. The Hall–Kier alpha value is -3.07. The molecule has 2 rings (SSSR count). The van der Waals surface area contributed by atoms with Crippen molar-refractivity contribution >= 4 is 5.69 Å². The van der Waals surface area contributed by atoms with Gasteiger partial charge in [-0.2, -0.15) is 5.26 Å². The highest BCUT2D eigenvalue weighted by molar-refractivity contribution is 5.51. The number of nitro benzene ring substituents is 1. The molecule has 0 aliphatic carbocycles. The first-order valence-corrected chi connectivity index (χ1v) is 6.08. The summed E-state index contributed by atoms with van der Waals surface area (Å²) in [5, 5.41) is 19.7. The zero-order chi connectivity index (χ0) is 15.2. The predicted molar refractivity (Wildman–Crippen MR) is 75.1 cm³/mol. The molecule has 0 radical (unpaired) electrons. The summed E-state index contributed by atoms with van der Waals surface area (Å²) in [6.07, 6.45) is 0. The second-order valence-corrected chi connectivity index (χ2v) is 4.19. The summed E-state index contributed by atoms with van der Waals surface area (Å²) in [6.45, 7) is 0.179. The van der Waals surface area contributed by atoms with E-state index in [1.54, 1.807) is 30.3 Å². The average Bonchev–Trinajstić information content (AvgIpc) is 2.53. The van der Waals surface area contributed by atoms with Crippen LogP contribution >= 0.6 is 0 Å². The molecule has 0 aliphatic heterocycles. The van der Waals surface area contributed by atoms with Gasteiger partial charge in [0.1, 0.15) is 12.4 Å². The van der Waals surface area contributed by atoms with Gasteiger partial charge in [0.15, 0.2) is 5.75 Å². The molecule has 0 amide bonds. The van der Waals surface area contributed by atoms with Gasteiger partial charge < -0.3 is 9.47 Å². The Morgan fingerprint density at radius 3 is 2.52 bits per heavy atom. The largest absolute Gasteiger partial charge is 0.496 e. The molecule has 0 bridgehead atoms. The van der Waals surface area contributed by atoms with E-state index in [0.29, 0.717) is 11.3 Å². The molecule has 0 N–H and O–H groups in total. The van der Waals surface area contributed by atoms with Gasteiger partial charge in [-0.25, -0.2) is 0 Å². The third-order valence-electron chi connectivity index (χ3n) is 2.84. The van der Waals surface area contributed by atoms with Crippen LogP contribution in [0.3, 0.4) is 0 Å². The molecule has 0 heterocycles. The minimum Gasteiger partial charge on any atom is -0.496 e. The Bertz CT molecular complexity index is 690. The minimum absolute atomic E-state index is 0.150. The maximum atomic E-state index is 11.0.